The lowest BCUT2D eigenvalue weighted by molar-refractivity contribution is -0.137. The summed E-state index contributed by atoms with van der Waals surface area (Å²) in [7, 11) is 0. The van der Waals surface area contributed by atoms with Gasteiger partial charge in [-0.2, -0.15) is 0 Å². The Morgan fingerprint density at radius 3 is 2.10 bits per heavy atom. The molecule has 0 aliphatic rings. The van der Waals surface area contributed by atoms with Gasteiger partial charge >= 0.3 is 12.0 Å². The quantitative estimate of drug-likeness (QED) is 0.445. The number of rotatable bonds is 8. The number of aliphatic carboxylic acids is 1. The average Bonchev–Trinajstić information content (AvgIpc) is 2.43. The van der Waals surface area contributed by atoms with Gasteiger partial charge in [0.25, 0.3) is 0 Å². The van der Waals surface area contributed by atoms with E-state index < -0.39 is 30.5 Å². The molecule has 0 fully saturated rings. The molecule has 0 aliphatic carbocycles. The van der Waals surface area contributed by atoms with E-state index in [0.717, 1.165) is 0 Å². The molecular weight excluding hydrogens is 280 g/mol. The van der Waals surface area contributed by atoms with Crippen LogP contribution in [0.25, 0.3) is 0 Å². The normalized spacial score (nSPS) is 11.2. The van der Waals surface area contributed by atoms with Crippen LogP contribution in [-0.4, -0.2) is 66.0 Å². The van der Waals surface area contributed by atoms with Crippen LogP contribution in [0.1, 0.15) is 20.8 Å². The molecule has 0 aromatic carbocycles. The maximum absolute atomic E-state index is 11.9. The van der Waals surface area contributed by atoms with Crippen molar-refractivity contribution in [1.82, 2.24) is 20.9 Å². The highest BCUT2D eigenvalue weighted by atomic mass is 16.4. The molecule has 1 unspecified atom stereocenters. The lowest BCUT2D eigenvalue weighted by Gasteiger charge is -2.23. The monoisotopic (exact) mass is 302 g/mol. The standard InChI is InChI=1S/C12H22N4O5/c1-4-16(5-2)11(20)8(3)15-12(21)14-6-9(17)13-7-10(18)19/h8H,4-7H2,1-3H3,(H,13,17)(H,18,19)(H2,14,15,21). The lowest BCUT2D eigenvalue weighted by Crippen LogP contribution is -2.51. The molecule has 4 amide bonds. The molecule has 9 nitrogen and oxygen atoms in total. The minimum Gasteiger partial charge on any atom is -0.480 e. The Morgan fingerprint density at radius 2 is 1.62 bits per heavy atom. The predicted molar refractivity (Wildman–Crippen MR) is 74.6 cm³/mol. The van der Waals surface area contributed by atoms with E-state index >= 15 is 0 Å². The van der Waals surface area contributed by atoms with Crippen molar-refractivity contribution in [3.8, 4) is 0 Å². The van der Waals surface area contributed by atoms with Crippen LogP contribution < -0.4 is 16.0 Å². The molecule has 4 N–H and O–H groups in total. The van der Waals surface area contributed by atoms with Gasteiger partial charge in [0, 0.05) is 13.1 Å². The highest BCUT2D eigenvalue weighted by Gasteiger charge is 2.19. The number of nitrogens with zero attached hydrogens (tertiary/aromatic N) is 1. The summed E-state index contributed by atoms with van der Waals surface area (Å²) >= 11 is 0. The first kappa shape index (κ1) is 18.7. The van der Waals surface area contributed by atoms with E-state index in [9.17, 15) is 19.2 Å². The molecule has 0 saturated carbocycles. The molecule has 0 aromatic heterocycles. The summed E-state index contributed by atoms with van der Waals surface area (Å²) in [4.78, 5) is 46.4. The number of carbonyl (C=O) groups excluding carboxylic acids is 3. The Hall–Kier alpha value is -2.32. The summed E-state index contributed by atoms with van der Waals surface area (Å²) in [6.45, 7) is 5.41. The number of carboxylic acids is 1. The van der Waals surface area contributed by atoms with Gasteiger partial charge in [-0.05, 0) is 20.8 Å². The predicted octanol–water partition coefficient (Wildman–Crippen LogP) is -1.26. The van der Waals surface area contributed by atoms with Gasteiger partial charge < -0.3 is 26.0 Å². The Labute approximate surface area is 123 Å². The molecule has 0 saturated heterocycles. The van der Waals surface area contributed by atoms with E-state index in [1.54, 1.807) is 11.8 Å². The number of carboxylic acid groups (broad SMARTS) is 1. The minimum absolute atomic E-state index is 0.217. The van der Waals surface area contributed by atoms with Crippen LogP contribution >= 0.6 is 0 Å². The number of carbonyl (C=O) groups is 4. The van der Waals surface area contributed by atoms with Gasteiger partial charge in [-0.3, -0.25) is 14.4 Å². The number of hydrogen-bond donors (Lipinski definition) is 4. The average molecular weight is 302 g/mol. The highest BCUT2D eigenvalue weighted by molar-refractivity contribution is 5.89. The first-order valence-electron chi connectivity index (χ1n) is 6.63. The van der Waals surface area contributed by atoms with E-state index in [-0.39, 0.29) is 12.5 Å². The molecule has 21 heavy (non-hydrogen) atoms. The van der Waals surface area contributed by atoms with Gasteiger partial charge in [0.1, 0.15) is 12.6 Å². The second-order valence-corrected chi connectivity index (χ2v) is 4.23. The van der Waals surface area contributed by atoms with E-state index in [4.69, 9.17) is 5.11 Å². The van der Waals surface area contributed by atoms with Crippen LogP contribution in [0.2, 0.25) is 0 Å². The van der Waals surface area contributed by atoms with Crippen molar-refractivity contribution in [3.63, 3.8) is 0 Å². The van der Waals surface area contributed by atoms with Crippen molar-refractivity contribution in [1.29, 1.82) is 0 Å². The summed E-state index contributed by atoms with van der Waals surface area (Å²) < 4.78 is 0. The van der Waals surface area contributed by atoms with Gasteiger partial charge in [0.2, 0.25) is 11.8 Å². The number of nitrogens with one attached hydrogen (secondary N) is 3. The Bertz CT molecular complexity index is 395. The number of urea groups is 1. The first-order chi connectivity index (χ1) is 9.81. The highest BCUT2D eigenvalue weighted by Crippen LogP contribution is 1.94. The molecule has 9 heteroatoms. The summed E-state index contributed by atoms with van der Waals surface area (Å²) in [5, 5.41) is 15.1. The maximum atomic E-state index is 11.9. The zero-order valence-electron chi connectivity index (χ0n) is 12.4. The summed E-state index contributed by atoms with van der Waals surface area (Å²) in [6, 6.07) is -1.39. The van der Waals surface area contributed by atoms with Crippen molar-refractivity contribution in [2.45, 2.75) is 26.8 Å². The van der Waals surface area contributed by atoms with Gasteiger partial charge in [0.05, 0.1) is 6.54 Å². The SMILES string of the molecule is CCN(CC)C(=O)C(C)NC(=O)NCC(=O)NCC(=O)O. The molecule has 0 rings (SSSR count). The third-order valence-electron chi connectivity index (χ3n) is 2.64. The third-order valence-corrected chi connectivity index (χ3v) is 2.64. The molecule has 120 valence electrons. The van der Waals surface area contributed by atoms with Crippen LogP contribution in [0.4, 0.5) is 4.79 Å². The second kappa shape index (κ2) is 9.56. The van der Waals surface area contributed by atoms with Crippen molar-refractivity contribution in [2.75, 3.05) is 26.2 Å². The van der Waals surface area contributed by atoms with Gasteiger partial charge in [-0.25, -0.2) is 4.79 Å². The fourth-order valence-corrected chi connectivity index (χ4v) is 1.52. The Balaban J connectivity index is 4.11. The fraction of sp³-hybridized carbons (Fsp3) is 0.667. The molecule has 0 spiro atoms. The molecular formula is C12H22N4O5. The van der Waals surface area contributed by atoms with Gasteiger partial charge in [-0.15, -0.1) is 0 Å². The topological polar surface area (TPSA) is 128 Å². The number of hydrogen-bond acceptors (Lipinski definition) is 4. The summed E-state index contributed by atoms with van der Waals surface area (Å²) in [5.41, 5.74) is 0. The number of likely N-dealkylation sites (N-methyl/N-ethyl adjacent to an activating group) is 1. The zero-order valence-corrected chi connectivity index (χ0v) is 12.4. The maximum Gasteiger partial charge on any atom is 0.322 e. The van der Waals surface area contributed by atoms with E-state index in [2.05, 4.69) is 16.0 Å². The molecule has 1 atom stereocenters. The van der Waals surface area contributed by atoms with Crippen LogP contribution in [0.15, 0.2) is 0 Å². The molecule has 0 heterocycles. The molecule has 0 aromatic rings. The lowest BCUT2D eigenvalue weighted by atomic mass is 10.3. The summed E-state index contributed by atoms with van der Waals surface area (Å²) in [6.07, 6.45) is 0. The third kappa shape index (κ3) is 7.75. The van der Waals surface area contributed by atoms with Gasteiger partial charge in [-0.1, -0.05) is 0 Å². The van der Waals surface area contributed by atoms with Crippen LogP contribution in [-0.2, 0) is 14.4 Å². The molecule has 0 aliphatic heterocycles. The second-order valence-electron chi connectivity index (χ2n) is 4.23. The molecule has 0 radical (unpaired) electrons. The Kier molecular flexibility index (Phi) is 8.51. The Morgan fingerprint density at radius 1 is 1.05 bits per heavy atom. The zero-order chi connectivity index (χ0) is 16.4. The van der Waals surface area contributed by atoms with Crippen LogP contribution in [0, 0.1) is 0 Å². The van der Waals surface area contributed by atoms with Crippen LogP contribution in [0.5, 0.6) is 0 Å². The van der Waals surface area contributed by atoms with E-state index in [0.29, 0.717) is 13.1 Å². The fourth-order valence-electron chi connectivity index (χ4n) is 1.52. The first-order valence-corrected chi connectivity index (χ1v) is 6.63. The van der Waals surface area contributed by atoms with E-state index in [1.807, 2.05) is 13.8 Å². The largest absolute Gasteiger partial charge is 0.480 e. The summed E-state index contributed by atoms with van der Waals surface area (Å²) in [5.74, 6) is -2.02. The van der Waals surface area contributed by atoms with Crippen molar-refractivity contribution < 1.29 is 24.3 Å². The van der Waals surface area contributed by atoms with E-state index in [1.165, 1.54) is 0 Å². The molecule has 0 bridgehead atoms. The van der Waals surface area contributed by atoms with Crippen LogP contribution in [0.3, 0.4) is 0 Å². The van der Waals surface area contributed by atoms with Crippen molar-refractivity contribution in [3.05, 3.63) is 0 Å². The van der Waals surface area contributed by atoms with Crippen molar-refractivity contribution >= 4 is 23.8 Å². The minimum atomic E-state index is -1.17. The van der Waals surface area contributed by atoms with Crippen molar-refractivity contribution in [2.24, 2.45) is 0 Å². The number of amides is 4. The smallest absolute Gasteiger partial charge is 0.322 e. The van der Waals surface area contributed by atoms with Gasteiger partial charge in [0.15, 0.2) is 0 Å².